The SMILES string of the molecule is C=Cc1c(C)cc(C)nc1OC. The largest absolute Gasteiger partial charge is 0.481 e. The summed E-state index contributed by atoms with van der Waals surface area (Å²) < 4.78 is 5.12. The molecule has 2 nitrogen and oxygen atoms in total. The van der Waals surface area contributed by atoms with E-state index >= 15 is 0 Å². The third kappa shape index (κ3) is 1.47. The van der Waals surface area contributed by atoms with Crippen LogP contribution >= 0.6 is 0 Å². The molecule has 0 bridgehead atoms. The molecule has 2 heteroatoms. The molecule has 0 saturated carbocycles. The number of rotatable bonds is 2. The first-order valence-corrected chi connectivity index (χ1v) is 3.83. The van der Waals surface area contributed by atoms with Crippen molar-refractivity contribution in [3.05, 3.63) is 29.5 Å². The van der Waals surface area contributed by atoms with Crippen LogP contribution in [0.1, 0.15) is 16.8 Å². The summed E-state index contributed by atoms with van der Waals surface area (Å²) in [4.78, 5) is 4.23. The Balaban J connectivity index is 3.33. The molecule has 0 aliphatic rings. The first-order valence-electron chi connectivity index (χ1n) is 3.83. The van der Waals surface area contributed by atoms with Crippen LogP contribution in [0.5, 0.6) is 5.88 Å². The highest BCUT2D eigenvalue weighted by Crippen LogP contribution is 2.21. The van der Waals surface area contributed by atoms with Crippen molar-refractivity contribution in [1.82, 2.24) is 4.98 Å². The second-order valence-corrected chi connectivity index (χ2v) is 2.71. The number of nitrogens with zero attached hydrogens (tertiary/aromatic N) is 1. The Bertz CT molecular complexity index is 305. The number of methoxy groups -OCH3 is 1. The molecule has 0 aromatic carbocycles. The van der Waals surface area contributed by atoms with E-state index in [0.29, 0.717) is 5.88 Å². The molecule has 0 fully saturated rings. The molecule has 64 valence electrons. The Morgan fingerprint density at radius 3 is 2.67 bits per heavy atom. The van der Waals surface area contributed by atoms with Gasteiger partial charge in [0, 0.05) is 11.3 Å². The van der Waals surface area contributed by atoms with Gasteiger partial charge in [-0.15, -0.1) is 0 Å². The van der Waals surface area contributed by atoms with Crippen molar-refractivity contribution in [2.45, 2.75) is 13.8 Å². The molecule has 0 radical (unpaired) electrons. The van der Waals surface area contributed by atoms with Crippen molar-refractivity contribution in [3.63, 3.8) is 0 Å². The predicted octanol–water partition coefficient (Wildman–Crippen LogP) is 2.35. The standard InChI is InChI=1S/C10H13NO/c1-5-9-7(2)6-8(3)11-10(9)12-4/h5-6H,1H2,2-4H3. The van der Waals surface area contributed by atoms with Gasteiger partial charge in [-0.25, -0.2) is 4.98 Å². The molecule has 0 unspecified atom stereocenters. The fourth-order valence-corrected chi connectivity index (χ4v) is 1.22. The lowest BCUT2D eigenvalue weighted by Crippen LogP contribution is -1.95. The molecule has 1 rings (SSSR count). The molecule has 0 N–H and O–H groups in total. The number of aryl methyl sites for hydroxylation is 2. The summed E-state index contributed by atoms with van der Waals surface area (Å²) in [5, 5.41) is 0. The Labute approximate surface area is 72.9 Å². The zero-order chi connectivity index (χ0) is 9.14. The molecule has 1 aromatic heterocycles. The first kappa shape index (κ1) is 8.78. The van der Waals surface area contributed by atoms with Crippen molar-refractivity contribution < 1.29 is 4.74 Å². The van der Waals surface area contributed by atoms with Gasteiger partial charge in [0.2, 0.25) is 5.88 Å². The second-order valence-electron chi connectivity index (χ2n) is 2.71. The Morgan fingerprint density at radius 1 is 1.50 bits per heavy atom. The van der Waals surface area contributed by atoms with E-state index in [9.17, 15) is 0 Å². The number of aromatic nitrogens is 1. The zero-order valence-electron chi connectivity index (χ0n) is 7.72. The van der Waals surface area contributed by atoms with Gasteiger partial charge in [-0.3, -0.25) is 0 Å². The average molecular weight is 163 g/mol. The van der Waals surface area contributed by atoms with E-state index in [1.165, 1.54) is 0 Å². The fourth-order valence-electron chi connectivity index (χ4n) is 1.22. The highest BCUT2D eigenvalue weighted by atomic mass is 16.5. The van der Waals surface area contributed by atoms with Crippen molar-refractivity contribution in [2.24, 2.45) is 0 Å². The molecule has 0 spiro atoms. The summed E-state index contributed by atoms with van der Waals surface area (Å²) >= 11 is 0. The van der Waals surface area contributed by atoms with Gasteiger partial charge in [0.15, 0.2) is 0 Å². The highest BCUT2D eigenvalue weighted by Gasteiger charge is 2.04. The molecule has 0 aliphatic carbocycles. The van der Waals surface area contributed by atoms with E-state index in [-0.39, 0.29) is 0 Å². The first-order chi connectivity index (χ1) is 5.69. The maximum Gasteiger partial charge on any atom is 0.220 e. The van der Waals surface area contributed by atoms with E-state index in [1.807, 2.05) is 19.9 Å². The third-order valence-electron chi connectivity index (χ3n) is 1.76. The van der Waals surface area contributed by atoms with E-state index in [1.54, 1.807) is 13.2 Å². The Kier molecular flexibility index (Phi) is 2.48. The third-order valence-corrected chi connectivity index (χ3v) is 1.76. The van der Waals surface area contributed by atoms with Gasteiger partial charge in [-0.05, 0) is 25.5 Å². The molecule has 0 aliphatic heterocycles. The molecular formula is C10H13NO. The quantitative estimate of drug-likeness (QED) is 0.667. The smallest absolute Gasteiger partial charge is 0.220 e. The van der Waals surface area contributed by atoms with Crippen LogP contribution in [0.15, 0.2) is 12.6 Å². The van der Waals surface area contributed by atoms with E-state index in [2.05, 4.69) is 11.6 Å². The van der Waals surface area contributed by atoms with Crippen LogP contribution in [-0.2, 0) is 0 Å². The second kappa shape index (κ2) is 3.39. The van der Waals surface area contributed by atoms with Gasteiger partial charge in [0.05, 0.1) is 7.11 Å². The molecule has 12 heavy (non-hydrogen) atoms. The predicted molar refractivity (Wildman–Crippen MR) is 50.4 cm³/mol. The van der Waals surface area contributed by atoms with Gasteiger partial charge in [0.1, 0.15) is 0 Å². The van der Waals surface area contributed by atoms with Crippen LogP contribution in [0.3, 0.4) is 0 Å². The summed E-state index contributed by atoms with van der Waals surface area (Å²) in [6.07, 6.45) is 1.76. The maximum absolute atomic E-state index is 5.12. The van der Waals surface area contributed by atoms with Crippen molar-refractivity contribution in [1.29, 1.82) is 0 Å². The lowest BCUT2D eigenvalue weighted by atomic mass is 10.1. The molecule has 1 heterocycles. The van der Waals surface area contributed by atoms with Gasteiger partial charge in [-0.2, -0.15) is 0 Å². The summed E-state index contributed by atoms with van der Waals surface area (Å²) in [7, 11) is 1.62. The summed E-state index contributed by atoms with van der Waals surface area (Å²) in [6, 6.07) is 2.01. The van der Waals surface area contributed by atoms with Crippen LogP contribution in [0, 0.1) is 13.8 Å². The van der Waals surface area contributed by atoms with Crippen LogP contribution in [0.4, 0.5) is 0 Å². The van der Waals surface area contributed by atoms with E-state index in [4.69, 9.17) is 4.74 Å². The molecule has 0 amide bonds. The van der Waals surface area contributed by atoms with Crippen LogP contribution < -0.4 is 4.74 Å². The zero-order valence-corrected chi connectivity index (χ0v) is 7.72. The highest BCUT2D eigenvalue weighted by molar-refractivity contribution is 5.57. The monoisotopic (exact) mass is 163 g/mol. The average Bonchev–Trinajstić information content (AvgIpc) is 2.03. The number of hydrogen-bond donors (Lipinski definition) is 0. The molecule has 1 aromatic rings. The van der Waals surface area contributed by atoms with Gasteiger partial charge in [0.25, 0.3) is 0 Å². The van der Waals surface area contributed by atoms with Gasteiger partial charge < -0.3 is 4.74 Å². The summed E-state index contributed by atoms with van der Waals surface area (Å²) in [6.45, 7) is 7.68. The van der Waals surface area contributed by atoms with E-state index in [0.717, 1.165) is 16.8 Å². The molecular weight excluding hydrogens is 150 g/mol. The summed E-state index contributed by atoms with van der Waals surface area (Å²) in [5.41, 5.74) is 3.09. The summed E-state index contributed by atoms with van der Waals surface area (Å²) in [5.74, 6) is 0.655. The van der Waals surface area contributed by atoms with Crippen molar-refractivity contribution in [3.8, 4) is 5.88 Å². The van der Waals surface area contributed by atoms with Gasteiger partial charge in [-0.1, -0.05) is 12.7 Å². The number of ether oxygens (including phenoxy) is 1. The Hall–Kier alpha value is -1.31. The van der Waals surface area contributed by atoms with Crippen molar-refractivity contribution >= 4 is 6.08 Å². The van der Waals surface area contributed by atoms with Crippen molar-refractivity contribution in [2.75, 3.05) is 7.11 Å². The lowest BCUT2D eigenvalue weighted by Gasteiger charge is -2.07. The normalized spacial score (nSPS) is 9.58. The van der Waals surface area contributed by atoms with Crippen LogP contribution in [-0.4, -0.2) is 12.1 Å². The number of pyridine rings is 1. The minimum Gasteiger partial charge on any atom is -0.481 e. The minimum atomic E-state index is 0.655. The van der Waals surface area contributed by atoms with Gasteiger partial charge >= 0.3 is 0 Å². The lowest BCUT2D eigenvalue weighted by molar-refractivity contribution is 0.395. The Morgan fingerprint density at radius 2 is 2.17 bits per heavy atom. The maximum atomic E-state index is 5.12. The van der Waals surface area contributed by atoms with E-state index < -0.39 is 0 Å². The molecule has 0 atom stereocenters. The molecule has 0 saturated heterocycles. The topological polar surface area (TPSA) is 22.1 Å². The fraction of sp³-hybridized carbons (Fsp3) is 0.300. The van der Waals surface area contributed by atoms with Crippen LogP contribution in [0.25, 0.3) is 6.08 Å². The van der Waals surface area contributed by atoms with Crippen LogP contribution in [0.2, 0.25) is 0 Å². The minimum absolute atomic E-state index is 0.655. The number of hydrogen-bond acceptors (Lipinski definition) is 2.